The average Bonchev–Trinajstić information content (AvgIpc) is 2.17. The van der Waals surface area contributed by atoms with Crippen LogP contribution in [-0.2, 0) is 0 Å². The normalized spacial score (nSPS) is 10.4. The van der Waals surface area contributed by atoms with Crippen LogP contribution in [-0.4, -0.2) is 0 Å². The SMILES string of the molecule is O=Nc1cc(=O)oc2ccc(F)cc12. The van der Waals surface area contributed by atoms with E-state index < -0.39 is 11.4 Å². The highest BCUT2D eigenvalue weighted by Gasteiger charge is 2.06. The molecule has 1 aromatic carbocycles. The highest BCUT2D eigenvalue weighted by atomic mass is 19.1. The Morgan fingerprint density at radius 1 is 1.29 bits per heavy atom. The molecule has 0 saturated carbocycles. The zero-order valence-electron chi connectivity index (χ0n) is 6.86. The lowest BCUT2D eigenvalue weighted by Gasteiger charge is -1.97. The monoisotopic (exact) mass is 193 g/mol. The smallest absolute Gasteiger partial charge is 0.338 e. The van der Waals surface area contributed by atoms with Gasteiger partial charge in [-0.3, -0.25) is 0 Å². The van der Waals surface area contributed by atoms with Crippen LogP contribution in [0.1, 0.15) is 0 Å². The molecule has 0 aliphatic heterocycles. The summed E-state index contributed by atoms with van der Waals surface area (Å²) < 4.78 is 17.5. The molecule has 0 aliphatic carbocycles. The maximum atomic E-state index is 12.8. The van der Waals surface area contributed by atoms with Crippen LogP contribution >= 0.6 is 0 Å². The number of hydrogen-bond donors (Lipinski definition) is 0. The average molecular weight is 193 g/mol. The zero-order chi connectivity index (χ0) is 10.1. The van der Waals surface area contributed by atoms with Crippen molar-refractivity contribution in [2.75, 3.05) is 0 Å². The van der Waals surface area contributed by atoms with E-state index in [2.05, 4.69) is 5.18 Å². The van der Waals surface area contributed by atoms with Crippen LogP contribution in [0.15, 0.2) is 38.7 Å². The first-order valence-electron chi connectivity index (χ1n) is 3.77. The van der Waals surface area contributed by atoms with Crippen LogP contribution in [0.3, 0.4) is 0 Å². The Morgan fingerprint density at radius 3 is 2.79 bits per heavy atom. The van der Waals surface area contributed by atoms with Gasteiger partial charge in [0.1, 0.15) is 17.1 Å². The summed E-state index contributed by atoms with van der Waals surface area (Å²) in [5, 5.41) is 2.82. The number of nitrogens with zero attached hydrogens (tertiary/aromatic N) is 1. The lowest BCUT2D eigenvalue weighted by molar-refractivity contribution is 0.559. The van der Waals surface area contributed by atoms with E-state index in [0.29, 0.717) is 0 Å². The van der Waals surface area contributed by atoms with Gasteiger partial charge in [0.15, 0.2) is 0 Å². The molecule has 0 aliphatic rings. The molecule has 14 heavy (non-hydrogen) atoms. The van der Waals surface area contributed by atoms with Crippen molar-refractivity contribution in [1.29, 1.82) is 0 Å². The van der Waals surface area contributed by atoms with Crippen LogP contribution < -0.4 is 5.63 Å². The van der Waals surface area contributed by atoms with Gasteiger partial charge in [-0.05, 0) is 23.4 Å². The van der Waals surface area contributed by atoms with Crippen molar-refractivity contribution in [3.63, 3.8) is 0 Å². The zero-order valence-corrected chi connectivity index (χ0v) is 6.86. The lowest BCUT2D eigenvalue weighted by Crippen LogP contribution is -1.95. The van der Waals surface area contributed by atoms with E-state index in [1.54, 1.807) is 0 Å². The summed E-state index contributed by atoms with van der Waals surface area (Å²) >= 11 is 0. The third-order valence-electron chi connectivity index (χ3n) is 1.78. The quantitative estimate of drug-likeness (QED) is 0.515. The van der Waals surface area contributed by atoms with Crippen LogP contribution in [0, 0.1) is 10.7 Å². The van der Waals surface area contributed by atoms with Crippen molar-refractivity contribution < 1.29 is 8.81 Å². The molecule has 0 saturated heterocycles. The van der Waals surface area contributed by atoms with Crippen molar-refractivity contribution in [1.82, 2.24) is 0 Å². The summed E-state index contributed by atoms with van der Waals surface area (Å²) in [4.78, 5) is 21.2. The molecular formula is C9H4FNO3. The Kier molecular flexibility index (Phi) is 1.85. The predicted octanol–water partition coefficient (Wildman–Crippen LogP) is 2.33. The molecule has 0 atom stereocenters. The predicted molar refractivity (Wildman–Crippen MR) is 47.9 cm³/mol. The molecule has 70 valence electrons. The number of fused-ring (bicyclic) bond motifs is 1. The fourth-order valence-corrected chi connectivity index (χ4v) is 1.19. The largest absolute Gasteiger partial charge is 0.423 e. The topological polar surface area (TPSA) is 59.6 Å². The van der Waals surface area contributed by atoms with E-state index in [0.717, 1.165) is 18.2 Å². The molecule has 5 heteroatoms. The molecule has 1 aromatic heterocycles. The minimum absolute atomic E-state index is 0.115. The van der Waals surface area contributed by atoms with Crippen molar-refractivity contribution in [2.45, 2.75) is 0 Å². The van der Waals surface area contributed by atoms with Crippen molar-refractivity contribution in [3.05, 3.63) is 45.4 Å². The van der Waals surface area contributed by atoms with Gasteiger partial charge in [0, 0.05) is 5.39 Å². The standard InChI is InChI=1S/C9H4FNO3/c10-5-1-2-8-6(3-5)7(11-13)4-9(12)14-8/h1-4H. The molecule has 4 nitrogen and oxygen atoms in total. The van der Waals surface area contributed by atoms with Crippen LogP contribution in [0.4, 0.5) is 10.1 Å². The molecule has 0 radical (unpaired) electrons. The number of halogens is 1. The Morgan fingerprint density at radius 2 is 2.07 bits per heavy atom. The molecule has 1 heterocycles. The van der Waals surface area contributed by atoms with E-state index in [9.17, 15) is 14.1 Å². The fourth-order valence-electron chi connectivity index (χ4n) is 1.19. The Balaban J connectivity index is 2.95. The van der Waals surface area contributed by atoms with Gasteiger partial charge in [0.25, 0.3) is 0 Å². The summed E-state index contributed by atoms with van der Waals surface area (Å²) in [6.45, 7) is 0. The van der Waals surface area contributed by atoms with Gasteiger partial charge in [-0.2, -0.15) is 0 Å². The first kappa shape index (κ1) is 8.55. The molecule has 0 spiro atoms. The molecule has 2 aromatic rings. The van der Waals surface area contributed by atoms with Crippen molar-refractivity contribution >= 4 is 16.7 Å². The third-order valence-corrected chi connectivity index (χ3v) is 1.78. The van der Waals surface area contributed by atoms with E-state index in [1.807, 2.05) is 0 Å². The van der Waals surface area contributed by atoms with Gasteiger partial charge in [0.05, 0.1) is 6.07 Å². The van der Waals surface area contributed by atoms with Gasteiger partial charge in [-0.15, -0.1) is 4.91 Å². The van der Waals surface area contributed by atoms with Gasteiger partial charge in [-0.1, -0.05) is 0 Å². The highest BCUT2D eigenvalue weighted by Crippen LogP contribution is 2.24. The van der Waals surface area contributed by atoms with Gasteiger partial charge in [0.2, 0.25) is 0 Å². The maximum absolute atomic E-state index is 12.8. The summed E-state index contributed by atoms with van der Waals surface area (Å²) in [5.74, 6) is -0.517. The highest BCUT2D eigenvalue weighted by molar-refractivity contribution is 5.87. The van der Waals surface area contributed by atoms with Crippen LogP contribution in [0.5, 0.6) is 0 Å². The first-order chi connectivity index (χ1) is 6.70. The molecule has 2 rings (SSSR count). The number of nitroso groups, excluding NO2 is 1. The van der Waals surface area contributed by atoms with Crippen LogP contribution in [0.2, 0.25) is 0 Å². The van der Waals surface area contributed by atoms with Gasteiger partial charge < -0.3 is 4.42 Å². The summed E-state index contributed by atoms with van der Waals surface area (Å²) in [6.07, 6.45) is 0. The Bertz CT molecular complexity index is 561. The lowest BCUT2D eigenvalue weighted by atomic mass is 10.2. The van der Waals surface area contributed by atoms with E-state index in [-0.39, 0.29) is 16.7 Å². The number of benzene rings is 1. The number of hydrogen-bond acceptors (Lipinski definition) is 4. The summed E-state index contributed by atoms with van der Waals surface area (Å²) in [6, 6.07) is 4.43. The fraction of sp³-hybridized carbons (Fsp3) is 0. The second-order valence-electron chi connectivity index (χ2n) is 2.68. The minimum atomic E-state index is -0.682. The molecule has 0 amide bonds. The van der Waals surface area contributed by atoms with Crippen molar-refractivity contribution in [3.8, 4) is 0 Å². The second-order valence-corrected chi connectivity index (χ2v) is 2.68. The first-order valence-corrected chi connectivity index (χ1v) is 3.77. The van der Waals surface area contributed by atoms with Gasteiger partial charge >= 0.3 is 5.63 Å². The summed E-state index contributed by atoms with van der Waals surface area (Å²) in [7, 11) is 0. The molecular weight excluding hydrogens is 189 g/mol. The Hall–Kier alpha value is -2.04. The van der Waals surface area contributed by atoms with E-state index in [4.69, 9.17) is 4.42 Å². The second kappa shape index (κ2) is 3.02. The molecule has 0 fully saturated rings. The van der Waals surface area contributed by atoms with E-state index in [1.165, 1.54) is 6.07 Å². The molecule has 0 N–H and O–H groups in total. The minimum Gasteiger partial charge on any atom is -0.423 e. The Labute approximate surface area is 76.9 Å². The summed E-state index contributed by atoms with van der Waals surface area (Å²) in [5.41, 5.74) is -0.650. The van der Waals surface area contributed by atoms with Crippen LogP contribution in [0.25, 0.3) is 11.0 Å². The van der Waals surface area contributed by atoms with E-state index >= 15 is 0 Å². The molecule has 0 bridgehead atoms. The maximum Gasteiger partial charge on any atom is 0.338 e. The number of rotatable bonds is 1. The van der Waals surface area contributed by atoms with Gasteiger partial charge in [-0.25, -0.2) is 9.18 Å². The molecule has 0 unspecified atom stereocenters. The third kappa shape index (κ3) is 1.28. The van der Waals surface area contributed by atoms with Crippen molar-refractivity contribution in [2.24, 2.45) is 5.18 Å².